The van der Waals surface area contributed by atoms with E-state index in [1.54, 1.807) is 0 Å². The van der Waals surface area contributed by atoms with Crippen molar-refractivity contribution in [3.8, 4) is 5.75 Å². The first-order valence-electron chi connectivity index (χ1n) is 6.56. The summed E-state index contributed by atoms with van der Waals surface area (Å²) in [5.74, 6) is 1.38. The van der Waals surface area contributed by atoms with Gasteiger partial charge in [0.15, 0.2) is 0 Å². The fourth-order valence-electron chi connectivity index (χ4n) is 2.07. The summed E-state index contributed by atoms with van der Waals surface area (Å²) >= 11 is 2.26. The third-order valence-corrected chi connectivity index (χ3v) is 3.79. The summed E-state index contributed by atoms with van der Waals surface area (Å²) in [6.45, 7) is 1.06. The Morgan fingerprint density at radius 3 is 2.84 bits per heavy atom. The zero-order chi connectivity index (χ0) is 13.5. The molecule has 0 bridgehead atoms. The topological polar surface area (TPSA) is 38.3 Å². The van der Waals surface area contributed by atoms with Gasteiger partial charge < -0.3 is 10.1 Å². The molecule has 1 aromatic rings. The van der Waals surface area contributed by atoms with Crippen molar-refractivity contribution in [3.05, 3.63) is 40.0 Å². The number of allylic oxidation sites excluding steroid dienone is 2. The molecule has 0 spiro atoms. The summed E-state index contributed by atoms with van der Waals surface area (Å²) in [6.07, 6.45) is 7.10. The predicted octanol–water partition coefficient (Wildman–Crippen LogP) is 3.14. The van der Waals surface area contributed by atoms with E-state index >= 15 is 0 Å². The molecule has 0 aliphatic heterocycles. The Bertz CT molecular complexity index is 442. The zero-order valence-corrected chi connectivity index (χ0v) is 12.9. The molecule has 3 nitrogen and oxygen atoms in total. The Labute approximate surface area is 127 Å². The number of rotatable bonds is 6. The average Bonchev–Trinajstić information content (AvgIpc) is 2.89. The second-order valence-corrected chi connectivity index (χ2v) is 5.87. The van der Waals surface area contributed by atoms with E-state index in [4.69, 9.17) is 4.74 Å². The fourth-order valence-corrected chi connectivity index (χ4v) is 2.43. The number of carbonyl (C=O) groups is 1. The predicted molar refractivity (Wildman–Crippen MR) is 84.1 cm³/mol. The third-order valence-electron chi connectivity index (χ3n) is 3.07. The molecular weight excluding hydrogens is 353 g/mol. The summed E-state index contributed by atoms with van der Waals surface area (Å²) in [5, 5.41) is 2.89. The first-order valence-corrected chi connectivity index (χ1v) is 7.63. The molecule has 4 heteroatoms. The van der Waals surface area contributed by atoms with Crippen LogP contribution in [0.1, 0.15) is 19.3 Å². The molecule has 0 unspecified atom stereocenters. The van der Waals surface area contributed by atoms with Gasteiger partial charge in [-0.1, -0.05) is 12.2 Å². The van der Waals surface area contributed by atoms with Gasteiger partial charge >= 0.3 is 0 Å². The molecule has 1 aliphatic rings. The van der Waals surface area contributed by atoms with Crippen molar-refractivity contribution in [1.82, 2.24) is 5.32 Å². The highest BCUT2D eigenvalue weighted by Crippen LogP contribution is 2.19. The van der Waals surface area contributed by atoms with Crippen molar-refractivity contribution < 1.29 is 9.53 Å². The number of halogens is 1. The number of carbonyl (C=O) groups excluding carboxylic acids is 1. The Kier molecular flexibility index (Phi) is 5.69. The molecular formula is C15H18INO2. The molecule has 1 aromatic carbocycles. The van der Waals surface area contributed by atoms with Gasteiger partial charge in [-0.05, 0) is 65.6 Å². The van der Waals surface area contributed by atoms with E-state index in [0.717, 1.165) is 18.6 Å². The van der Waals surface area contributed by atoms with Gasteiger partial charge in [0.2, 0.25) is 5.91 Å². The maximum absolute atomic E-state index is 11.7. The highest BCUT2D eigenvalue weighted by Gasteiger charge is 2.13. The Morgan fingerprint density at radius 1 is 1.37 bits per heavy atom. The van der Waals surface area contributed by atoms with Crippen molar-refractivity contribution in [1.29, 1.82) is 0 Å². The number of nitrogens with one attached hydrogen (secondary N) is 1. The summed E-state index contributed by atoms with van der Waals surface area (Å²) in [4.78, 5) is 11.7. The van der Waals surface area contributed by atoms with Crippen molar-refractivity contribution in [2.45, 2.75) is 19.3 Å². The molecule has 0 saturated carbocycles. The normalized spacial score (nSPS) is 17.4. The monoisotopic (exact) mass is 371 g/mol. The highest BCUT2D eigenvalue weighted by atomic mass is 127. The van der Waals surface area contributed by atoms with Crippen LogP contribution in [0.15, 0.2) is 36.4 Å². The van der Waals surface area contributed by atoms with Crippen LogP contribution in [0.2, 0.25) is 0 Å². The van der Waals surface area contributed by atoms with Crippen molar-refractivity contribution >= 4 is 28.5 Å². The van der Waals surface area contributed by atoms with Crippen LogP contribution in [0.3, 0.4) is 0 Å². The standard InChI is InChI=1S/C15H18INO2/c16-13-5-7-14(8-6-13)19-10-9-17-15(18)11-12-3-1-2-4-12/h1,3,5-8,12H,2,4,9-11H2,(H,17,18)/t12-/m0/s1. The lowest BCUT2D eigenvalue weighted by Crippen LogP contribution is -2.29. The number of ether oxygens (including phenoxy) is 1. The molecule has 102 valence electrons. The summed E-state index contributed by atoms with van der Waals surface area (Å²) in [6, 6.07) is 7.88. The van der Waals surface area contributed by atoms with E-state index in [2.05, 4.69) is 40.1 Å². The SMILES string of the molecule is O=C(C[C@H]1C=CCC1)NCCOc1ccc(I)cc1. The fraction of sp³-hybridized carbons (Fsp3) is 0.400. The first kappa shape index (κ1) is 14.4. The largest absolute Gasteiger partial charge is 0.492 e. The first-order chi connectivity index (χ1) is 9.24. The molecule has 0 aromatic heterocycles. The molecule has 0 fully saturated rings. The van der Waals surface area contributed by atoms with Crippen molar-refractivity contribution in [2.75, 3.05) is 13.2 Å². The number of benzene rings is 1. The molecule has 1 aliphatic carbocycles. The van der Waals surface area contributed by atoms with Gasteiger partial charge in [0.05, 0.1) is 6.54 Å². The van der Waals surface area contributed by atoms with Crippen LogP contribution >= 0.6 is 22.6 Å². The zero-order valence-electron chi connectivity index (χ0n) is 10.8. The van der Waals surface area contributed by atoms with E-state index in [1.807, 2.05) is 24.3 Å². The van der Waals surface area contributed by atoms with E-state index < -0.39 is 0 Å². The van der Waals surface area contributed by atoms with Crippen molar-refractivity contribution in [3.63, 3.8) is 0 Å². The van der Waals surface area contributed by atoms with Crippen LogP contribution < -0.4 is 10.1 Å². The quantitative estimate of drug-likeness (QED) is 0.474. The molecule has 1 amide bonds. The van der Waals surface area contributed by atoms with Crippen LogP contribution in [-0.2, 0) is 4.79 Å². The average molecular weight is 371 g/mol. The minimum atomic E-state index is 0.114. The molecule has 0 saturated heterocycles. The van der Waals surface area contributed by atoms with Crippen LogP contribution in [0.4, 0.5) is 0 Å². The minimum absolute atomic E-state index is 0.114. The molecule has 0 heterocycles. The van der Waals surface area contributed by atoms with Gasteiger partial charge in [0.25, 0.3) is 0 Å². The van der Waals surface area contributed by atoms with Crippen LogP contribution in [-0.4, -0.2) is 19.1 Å². The Hall–Kier alpha value is -1.04. The second kappa shape index (κ2) is 7.53. The van der Waals surface area contributed by atoms with Crippen LogP contribution in [0, 0.1) is 9.49 Å². The number of hydrogen-bond acceptors (Lipinski definition) is 2. The highest BCUT2D eigenvalue weighted by molar-refractivity contribution is 14.1. The third kappa shape index (κ3) is 5.22. The van der Waals surface area contributed by atoms with Gasteiger partial charge in [0.1, 0.15) is 12.4 Å². The Morgan fingerprint density at radius 2 is 2.16 bits per heavy atom. The van der Waals surface area contributed by atoms with Gasteiger partial charge in [-0.25, -0.2) is 0 Å². The van der Waals surface area contributed by atoms with E-state index in [9.17, 15) is 4.79 Å². The van der Waals surface area contributed by atoms with Crippen molar-refractivity contribution in [2.24, 2.45) is 5.92 Å². The minimum Gasteiger partial charge on any atom is -0.492 e. The van der Waals surface area contributed by atoms with Crippen LogP contribution in [0.5, 0.6) is 5.75 Å². The molecule has 19 heavy (non-hydrogen) atoms. The molecule has 1 atom stereocenters. The summed E-state index contributed by atoms with van der Waals surface area (Å²) < 4.78 is 6.73. The van der Waals surface area contributed by atoms with E-state index in [1.165, 1.54) is 3.57 Å². The van der Waals surface area contributed by atoms with Gasteiger partial charge in [-0.15, -0.1) is 0 Å². The van der Waals surface area contributed by atoms with Gasteiger partial charge in [0, 0.05) is 9.99 Å². The second-order valence-electron chi connectivity index (χ2n) is 4.62. The maximum Gasteiger partial charge on any atom is 0.220 e. The summed E-state index contributed by atoms with van der Waals surface area (Å²) in [5.41, 5.74) is 0. The smallest absolute Gasteiger partial charge is 0.220 e. The van der Waals surface area contributed by atoms with Gasteiger partial charge in [-0.2, -0.15) is 0 Å². The van der Waals surface area contributed by atoms with Crippen LogP contribution in [0.25, 0.3) is 0 Å². The van der Waals surface area contributed by atoms with E-state index in [-0.39, 0.29) is 5.91 Å². The number of amides is 1. The maximum atomic E-state index is 11.7. The lowest BCUT2D eigenvalue weighted by molar-refractivity contribution is -0.121. The lowest BCUT2D eigenvalue weighted by Gasteiger charge is -2.10. The Balaban J connectivity index is 1.59. The summed E-state index contributed by atoms with van der Waals surface area (Å²) in [7, 11) is 0. The molecule has 0 radical (unpaired) electrons. The van der Waals surface area contributed by atoms with Gasteiger partial charge in [-0.3, -0.25) is 4.79 Å². The lowest BCUT2D eigenvalue weighted by atomic mass is 10.1. The van der Waals surface area contributed by atoms with E-state index in [0.29, 0.717) is 25.5 Å². The molecule has 1 N–H and O–H groups in total. The number of hydrogen-bond donors (Lipinski definition) is 1. The molecule has 2 rings (SSSR count).